The summed E-state index contributed by atoms with van der Waals surface area (Å²) < 4.78 is 0. The van der Waals surface area contributed by atoms with Crippen molar-refractivity contribution in [3.8, 4) is 0 Å². The molecule has 2 amide bonds. The minimum absolute atomic E-state index is 0.181. The molecule has 1 saturated heterocycles. The van der Waals surface area contributed by atoms with E-state index in [2.05, 4.69) is 16.0 Å². The summed E-state index contributed by atoms with van der Waals surface area (Å²) in [5, 5.41) is 9.48. The Labute approximate surface area is 77.3 Å². The third-order valence-corrected chi connectivity index (χ3v) is 1.84. The molecule has 0 aromatic rings. The first kappa shape index (κ1) is 9.98. The highest BCUT2D eigenvalue weighted by atomic mass is 16.2. The van der Waals surface area contributed by atoms with Crippen molar-refractivity contribution in [3.63, 3.8) is 0 Å². The lowest BCUT2D eigenvalue weighted by Gasteiger charge is -2.29. The Kier molecular flexibility index (Phi) is 2.87. The summed E-state index contributed by atoms with van der Waals surface area (Å²) in [6.45, 7) is 3.51. The summed E-state index contributed by atoms with van der Waals surface area (Å²) >= 11 is 0. The minimum Gasteiger partial charge on any atom is -0.320 e. The maximum absolute atomic E-state index is 10.9. The lowest BCUT2D eigenvalue weighted by Crippen LogP contribution is -2.62. The summed E-state index contributed by atoms with van der Waals surface area (Å²) in [5.74, 6) is -1.20. The van der Waals surface area contributed by atoms with Gasteiger partial charge in [-0.25, -0.2) is 0 Å². The van der Waals surface area contributed by atoms with Crippen molar-refractivity contribution < 1.29 is 9.59 Å². The largest absolute Gasteiger partial charge is 0.320 e. The fraction of sp³-hybridized carbons (Fsp3) is 0.750. The molecule has 0 atom stereocenters. The molecule has 0 aromatic carbocycles. The summed E-state index contributed by atoms with van der Waals surface area (Å²) in [7, 11) is 0. The van der Waals surface area contributed by atoms with Gasteiger partial charge in [-0.15, -0.1) is 0 Å². The maximum atomic E-state index is 10.9. The first-order valence-corrected chi connectivity index (χ1v) is 4.30. The molecule has 0 spiro atoms. The Morgan fingerprint density at radius 1 is 1.23 bits per heavy atom. The molecule has 5 heteroatoms. The van der Waals surface area contributed by atoms with Crippen LogP contribution in [0.15, 0.2) is 0 Å². The monoisotopic (exact) mass is 184 g/mol. The van der Waals surface area contributed by atoms with Crippen LogP contribution in [0.2, 0.25) is 0 Å². The third-order valence-electron chi connectivity index (χ3n) is 1.84. The quantitative estimate of drug-likeness (QED) is 0.557. The molecule has 0 saturated carbocycles. The van der Waals surface area contributed by atoms with Gasteiger partial charge in [-0.05, 0) is 6.42 Å². The Balaban J connectivity index is 2.62. The average Bonchev–Trinajstić information content (AvgIpc) is 2.33. The lowest BCUT2D eigenvalue weighted by molar-refractivity contribution is -0.125. The number of carbonyl (C=O) groups excluding carboxylic acids is 2. The second kappa shape index (κ2) is 3.74. The van der Waals surface area contributed by atoms with Crippen molar-refractivity contribution in [2.75, 3.05) is 6.54 Å². The van der Waals surface area contributed by atoms with Crippen molar-refractivity contribution in [3.05, 3.63) is 0 Å². The van der Waals surface area contributed by atoms with Gasteiger partial charge in [0, 0.05) is 26.8 Å². The Hall–Kier alpha value is -1.10. The molecule has 0 bridgehead atoms. The van der Waals surface area contributed by atoms with Crippen LogP contribution in [0.1, 0.15) is 26.7 Å². The van der Waals surface area contributed by atoms with Crippen LogP contribution in [0.5, 0.6) is 0 Å². The van der Waals surface area contributed by atoms with Crippen molar-refractivity contribution in [2.45, 2.75) is 32.5 Å². The predicted molar refractivity (Wildman–Crippen MR) is 46.6 cm³/mol. The number of carbonyl (C=O) groups is 2. The molecule has 1 aliphatic rings. The molecule has 1 heterocycles. The summed E-state index contributed by atoms with van der Waals surface area (Å²) in [4.78, 5) is 21.7. The van der Waals surface area contributed by atoms with Gasteiger partial charge in [0.2, 0.25) is 11.8 Å². The number of nitrogens with zero attached hydrogens (tertiary/aromatic N) is 1. The van der Waals surface area contributed by atoms with Gasteiger partial charge in [0.05, 0.1) is 0 Å². The molecule has 13 heavy (non-hydrogen) atoms. The standard InChI is InChI=1S/C8H14N3O2/c1-6(12)10-8(11-7(2)13)4-3-5-9-8/h3-5H2,1-2H3,(H,10,12)(H,11,13). The van der Waals surface area contributed by atoms with E-state index >= 15 is 0 Å². The molecular weight excluding hydrogens is 170 g/mol. The summed E-state index contributed by atoms with van der Waals surface area (Å²) in [6, 6.07) is 0. The second-order valence-corrected chi connectivity index (χ2v) is 3.21. The van der Waals surface area contributed by atoms with Gasteiger partial charge >= 0.3 is 0 Å². The lowest BCUT2D eigenvalue weighted by atomic mass is 10.2. The second-order valence-electron chi connectivity index (χ2n) is 3.21. The van der Waals surface area contributed by atoms with Crippen LogP contribution < -0.4 is 16.0 Å². The molecule has 5 nitrogen and oxygen atoms in total. The van der Waals surface area contributed by atoms with Crippen LogP contribution in [-0.2, 0) is 9.59 Å². The topological polar surface area (TPSA) is 72.3 Å². The fourth-order valence-electron chi connectivity index (χ4n) is 1.50. The molecule has 2 N–H and O–H groups in total. The van der Waals surface area contributed by atoms with Crippen LogP contribution in [0, 0.1) is 0 Å². The van der Waals surface area contributed by atoms with Gasteiger partial charge in [0.15, 0.2) is 5.79 Å². The van der Waals surface area contributed by atoms with Crippen LogP contribution in [-0.4, -0.2) is 24.1 Å². The Morgan fingerprint density at radius 3 is 2.08 bits per heavy atom. The van der Waals surface area contributed by atoms with Crippen molar-refractivity contribution in [2.24, 2.45) is 0 Å². The molecule has 0 aliphatic carbocycles. The van der Waals surface area contributed by atoms with E-state index in [1.165, 1.54) is 13.8 Å². The normalized spacial score (nSPS) is 19.5. The van der Waals surface area contributed by atoms with Crippen LogP contribution in [0.3, 0.4) is 0 Å². The van der Waals surface area contributed by atoms with Crippen LogP contribution in [0.4, 0.5) is 0 Å². The van der Waals surface area contributed by atoms with Crippen molar-refractivity contribution in [1.82, 2.24) is 16.0 Å². The molecule has 1 aliphatic heterocycles. The van der Waals surface area contributed by atoms with E-state index in [9.17, 15) is 9.59 Å². The number of amides is 2. The molecule has 1 fully saturated rings. The number of nitrogens with one attached hydrogen (secondary N) is 2. The van der Waals surface area contributed by atoms with Gasteiger partial charge in [0.1, 0.15) is 0 Å². The van der Waals surface area contributed by atoms with Crippen LogP contribution in [0.25, 0.3) is 0 Å². The molecular formula is C8H14N3O2. The zero-order valence-electron chi connectivity index (χ0n) is 7.89. The van der Waals surface area contributed by atoms with E-state index in [0.717, 1.165) is 6.42 Å². The maximum Gasteiger partial charge on any atom is 0.219 e. The highest BCUT2D eigenvalue weighted by Gasteiger charge is 2.36. The van der Waals surface area contributed by atoms with E-state index in [1.54, 1.807) is 0 Å². The minimum atomic E-state index is -0.836. The number of hydrogen-bond donors (Lipinski definition) is 2. The van der Waals surface area contributed by atoms with E-state index in [1.807, 2.05) is 0 Å². The molecule has 1 radical (unpaired) electrons. The molecule has 73 valence electrons. The zero-order valence-corrected chi connectivity index (χ0v) is 7.89. The van der Waals surface area contributed by atoms with E-state index in [-0.39, 0.29) is 11.8 Å². The van der Waals surface area contributed by atoms with Crippen molar-refractivity contribution in [1.29, 1.82) is 0 Å². The highest BCUT2D eigenvalue weighted by Crippen LogP contribution is 2.14. The smallest absolute Gasteiger partial charge is 0.219 e. The molecule has 0 aromatic heterocycles. The van der Waals surface area contributed by atoms with E-state index in [0.29, 0.717) is 13.0 Å². The number of rotatable bonds is 2. The Morgan fingerprint density at radius 2 is 1.77 bits per heavy atom. The molecule has 0 unspecified atom stereocenters. The van der Waals surface area contributed by atoms with Gasteiger partial charge in [-0.1, -0.05) is 0 Å². The van der Waals surface area contributed by atoms with Gasteiger partial charge < -0.3 is 10.6 Å². The Bertz CT molecular complexity index is 203. The number of hydrogen-bond acceptors (Lipinski definition) is 2. The van der Waals surface area contributed by atoms with Crippen molar-refractivity contribution >= 4 is 11.8 Å². The first-order chi connectivity index (χ1) is 6.04. The third kappa shape index (κ3) is 2.69. The van der Waals surface area contributed by atoms with Gasteiger partial charge in [-0.3, -0.25) is 9.59 Å². The average molecular weight is 184 g/mol. The highest BCUT2D eigenvalue weighted by molar-refractivity contribution is 5.77. The SMILES string of the molecule is CC(=O)NC1(NC(C)=O)CCC[N]1. The molecule has 1 rings (SSSR count). The summed E-state index contributed by atoms with van der Waals surface area (Å²) in [6.07, 6.45) is 1.56. The summed E-state index contributed by atoms with van der Waals surface area (Å²) in [5.41, 5.74) is 0. The first-order valence-electron chi connectivity index (χ1n) is 4.30. The van der Waals surface area contributed by atoms with Crippen LogP contribution >= 0.6 is 0 Å². The van der Waals surface area contributed by atoms with E-state index < -0.39 is 5.79 Å². The predicted octanol–water partition coefficient (Wildman–Crippen LogP) is -0.689. The van der Waals surface area contributed by atoms with E-state index in [4.69, 9.17) is 0 Å². The fourth-order valence-corrected chi connectivity index (χ4v) is 1.50. The zero-order chi connectivity index (χ0) is 9.90. The van der Waals surface area contributed by atoms with Gasteiger partial charge in [-0.2, -0.15) is 5.32 Å². The van der Waals surface area contributed by atoms with Gasteiger partial charge in [0.25, 0.3) is 0 Å².